The summed E-state index contributed by atoms with van der Waals surface area (Å²) in [6.45, 7) is 7.49. The van der Waals surface area contributed by atoms with Crippen molar-refractivity contribution in [2.24, 2.45) is 0 Å². The Bertz CT molecular complexity index is 946. The van der Waals surface area contributed by atoms with E-state index in [0.29, 0.717) is 28.6 Å². The fourth-order valence-corrected chi connectivity index (χ4v) is 3.50. The number of carbonyl (C=O) groups excluding carboxylic acids is 2. The molecule has 0 aliphatic carbocycles. The highest BCUT2D eigenvalue weighted by molar-refractivity contribution is 6.30. The first-order valence-electron chi connectivity index (χ1n) is 9.75. The van der Waals surface area contributed by atoms with Crippen LogP contribution in [0.2, 0.25) is 5.02 Å². The molecule has 1 aliphatic rings. The third kappa shape index (κ3) is 5.79. The second kappa shape index (κ2) is 8.83. The van der Waals surface area contributed by atoms with Crippen LogP contribution >= 0.6 is 11.6 Å². The van der Waals surface area contributed by atoms with E-state index in [1.165, 1.54) is 0 Å². The summed E-state index contributed by atoms with van der Waals surface area (Å²) in [6, 6.07) is 11.6. The van der Waals surface area contributed by atoms with Crippen molar-refractivity contribution in [3.05, 3.63) is 53.1 Å². The van der Waals surface area contributed by atoms with Gasteiger partial charge in [0.1, 0.15) is 11.4 Å². The van der Waals surface area contributed by atoms with Gasteiger partial charge in [0.05, 0.1) is 12.1 Å². The summed E-state index contributed by atoms with van der Waals surface area (Å²) in [5.41, 5.74) is 1.47. The predicted molar refractivity (Wildman–Crippen MR) is 117 cm³/mol. The normalized spacial score (nSPS) is 16.8. The third-order valence-electron chi connectivity index (χ3n) is 4.44. The molecular weight excluding hydrogens is 406 g/mol. The molecule has 0 radical (unpaired) electrons. The first kappa shape index (κ1) is 21.8. The van der Waals surface area contributed by atoms with Crippen molar-refractivity contribution in [3.8, 4) is 5.75 Å². The quantitative estimate of drug-likeness (QED) is 0.577. The van der Waals surface area contributed by atoms with Crippen LogP contribution in [0, 0.1) is 0 Å². The molecule has 8 heteroatoms. The van der Waals surface area contributed by atoms with E-state index < -0.39 is 11.7 Å². The van der Waals surface area contributed by atoms with Crippen molar-refractivity contribution in [3.63, 3.8) is 0 Å². The number of ether oxygens (including phenoxy) is 2. The van der Waals surface area contributed by atoms with Crippen LogP contribution in [0.25, 0.3) is 0 Å². The zero-order valence-corrected chi connectivity index (χ0v) is 18.2. The maximum absolute atomic E-state index is 12.6. The van der Waals surface area contributed by atoms with Gasteiger partial charge in [-0.3, -0.25) is 5.32 Å². The van der Waals surface area contributed by atoms with Gasteiger partial charge in [0.25, 0.3) is 0 Å². The van der Waals surface area contributed by atoms with Crippen molar-refractivity contribution < 1.29 is 19.1 Å². The third-order valence-corrected chi connectivity index (χ3v) is 4.68. The minimum absolute atomic E-state index is 0.226. The molecule has 2 aromatic carbocycles. The number of halogens is 1. The average molecular weight is 432 g/mol. The zero-order valence-electron chi connectivity index (χ0n) is 17.4. The minimum atomic E-state index is -0.537. The van der Waals surface area contributed by atoms with Gasteiger partial charge >= 0.3 is 12.1 Å². The monoisotopic (exact) mass is 431 g/mol. The lowest BCUT2D eigenvalue weighted by molar-refractivity contribution is 0.0683. The average Bonchev–Trinajstić information content (AvgIpc) is 2.60. The van der Waals surface area contributed by atoms with Crippen LogP contribution < -0.4 is 20.7 Å². The van der Waals surface area contributed by atoms with E-state index in [4.69, 9.17) is 21.1 Å². The molecule has 0 saturated heterocycles. The fourth-order valence-electron chi connectivity index (χ4n) is 3.31. The smallest absolute Gasteiger partial charge is 0.411 e. The largest absolute Gasteiger partial charge is 0.487 e. The number of benzene rings is 2. The summed E-state index contributed by atoms with van der Waals surface area (Å²) >= 11 is 5.98. The highest BCUT2D eigenvalue weighted by Gasteiger charge is 2.35. The number of rotatable bonds is 4. The van der Waals surface area contributed by atoms with Gasteiger partial charge in [0.15, 0.2) is 0 Å². The lowest BCUT2D eigenvalue weighted by atomic mass is 9.89. The van der Waals surface area contributed by atoms with Crippen molar-refractivity contribution in [1.82, 2.24) is 5.32 Å². The molecule has 0 bridgehead atoms. The molecule has 3 amide bonds. The summed E-state index contributed by atoms with van der Waals surface area (Å²) in [4.78, 5) is 24.5. The summed E-state index contributed by atoms with van der Waals surface area (Å²) in [6.07, 6.45) is -0.204. The molecule has 0 fully saturated rings. The maximum Gasteiger partial charge on any atom is 0.411 e. The Morgan fingerprint density at radius 1 is 1.13 bits per heavy atom. The molecule has 7 nitrogen and oxygen atoms in total. The highest BCUT2D eigenvalue weighted by atomic mass is 35.5. The molecule has 30 heavy (non-hydrogen) atoms. The number of amides is 3. The van der Waals surface area contributed by atoms with E-state index in [-0.39, 0.29) is 18.2 Å². The molecule has 1 unspecified atom stereocenters. The molecule has 1 aliphatic heterocycles. The SMILES string of the molecule is CC(C)OC(=O)Nc1ccc2c(c1)C(NC(=O)Nc1cccc(Cl)c1)CC(C)(C)O2. The molecule has 2 aromatic rings. The number of fused-ring (bicyclic) bond motifs is 1. The molecule has 0 aromatic heterocycles. The van der Waals surface area contributed by atoms with Gasteiger partial charge in [0.2, 0.25) is 0 Å². The standard InChI is InChI=1S/C22H26ClN3O4/c1-13(2)29-21(28)25-16-8-9-19-17(11-16)18(12-22(3,4)30-19)26-20(27)24-15-7-5-6-14(23)10-15/h5-11,13,18H,12H2,1-4H3,(H,25,28)(H2,24,26,27). The molecule has 1 heterocycles. The van der Waals surface area contributed by atoms with Crippen LogP contribution in [-0.2, 0) is 4.74 Å². The zero-order chi connectivity index (χ0) is 21.9. The Balaban J connectivity index is 1.78. The van der Waals surface area contributed by atoms with Gasteiger partial charge in [0, 0.05) is 28.4 Å². The molecular formula is C22H26ClN3O4. The molecule has 0 saturated carbocycles. The van der Waals surface area contributed by atoms with Gasteiger partial charge in [-0.25, -0.2) is 9.59 Å². The second-order valence-corrected chi connectivity index (χ2v) is 8.50. The summed E-state index contributed by atoms with van der Waals surface area (Å²) in [5.74, 6) is 0.655. The number of nitrogens with one attached hydrogen (secondary N) is 3. The van der Waals surface area contributed by atoms with E-state index in [1.807, 2.05) is 13.8 Å². The van der Waals surface area contributed by atoms with E-state index in [0.717, 1.165) is 5.56 Å². The molecule has 160 valence electrons. The Kier molecular flexibility index (Phi) is 6.41. The molecule has 3 N–H and O–H groups in total. The number of carbonyl (C=O) groups is 2. The Hall–Kier alpha value is -2.93. The van der Waals surface area contributed by atoms with Crippen LogP contribution in [0.1, 0.15) is 45.7 Å². The van der Waals surface area contributed by atoms with Crippen molar-refractivity contribution in [1.29, 1.82) is 0 Å². The molecule has 3 rings (SSSR count). The number of hydrogen-bond acceptors (Lipinski definition) is 4. The lowest BCUT2D eigenvalue weighted by Crippen LogP contribution is -2.42. The molecule has 1 atom stereocenters. The van der Waals surface area contributed by atoms with E-state index in [9.17, 15) is 9.59 Å². The van der Waals surface area contributed by atoms with Gasteiger partial charge < -0.3 is 20.1 Å². The topological polar surface area (TPSA) is 88.7 Å². The van der Waals surface area contributed by atoms with Gasteiger partial charge in [-0.1, -0.05) is 17.7 Å². The Morgan fingerprint density at radius 3 is 2.57 bits per heavy atom. The van der Waals surface area contributed by atoms with E-state index in [2.05, 4.69) is 16.0 Å². The number of urea groups is 1. The van der Waals surface area contributed by atoms with Crippen LogP contribution in [0.5, 0.6) is 5.75 Å². The van der Waals surface area contributed by atoms with Crippen molar-refractivity contribution >= 4 is 35.1 Å². The van der Waals surface area contributed by atoms with Crippen LogP contribution in [0.4, 0.5) is 21.0 Å². The summed E-state index contributed by atoms with van der Waals surface area (Å²) in [5, 5.41) is 9.03. The van der Waals surface area contributed by atoms with E-state index >= 15 is 0 Å². The van der Waals surface area contributed by atoms with E-state index in [1.54, 1.807) is 56.3 Å². The number of anilines is 2. The predicted octanol–water partition coefficient (Wildman–Crippen LogP) is 5.72. The van der Waals surface area contributed by atoms with Crippen LogP contribution in [-0.4, -0.2) is 23.8 Å². The summed E-state index contributed by atoms with van der Waals surface area (Å²) in [7, 11) is 0. The van der Waals surface area contributed by atoms with Crippen LogP contribution in [0.15, 0.2) is 42.5 Å². The lowest BCUT2D eigenvalue weighted by Gasteiger charge is -2.38. The van der Waals surface area contributed by atoms with Crippen molar-refractivity contribution in [2.45, 2.75) is 51.9 Å². The Morgan fingerprint density at radius 2 is 1.87 bits per heavy atom. The van der Waals surface area contributed by atoms with Gasteiger partial charge in [-0.2, -0.15) is 0 Å². The molecule has 0 spiro atoms. The first-order valence-corrected chi connectivity index (χ1v) is 10.1. The first-order chi connectivity index (χ1) is 14.1. The summed E-state index contributed by atoms with van der Waals surface area (Å²) < 4.78 is 11.2. The number of hydrogen-bond donors (Lipinski definition) is 3. The van der Waals surface area contributed by atoms with Gasteiger partial charge in [-0.15, -0.1) is 0 Å². The second-order valence-electron chi connectivity index (χ2n) is 8.06. The highest BCUT2D eigenvalue weighted by Crippen LogP contribution is 2.40. The minimum Gasteiger partial charge on any atom is -0.487 e. The fraction of sp³-hybridized carbons (Fsp3) is 0.364. The Labute approximate surface area is 181 Å². The van der Waals surface area contributed by atoms with Crippen molar-refractivity contribution in [2.75, 3.05) is 10.6 Å². The van der Waals surface area contributed by atoms with Crippen LogP contribution in [0.3, 0.4) is 0 Å². The maximum atomic E-state index is 12.6. The van der Waals surface area contributed by atoms with Gasteiger partial charge in [-0.05, 0) is 64.1 Å².